The minimum atomic E-state index is -0.343. The molecule has 0 aliphatic heterocycles. The number of hydrogen-bond acceptors (Lipinski definition) is 0. The van der Waals surface area contributed by atoms with Crippen LogP contribution < -0.4 is 0 Å². The molecule has 0 aliphatic rings. The van der Waals surface area contributed by atoms with E-state index < -0.39 is 0 Å². The fraction of sp³-hybridized carbons (Fsp3) is 0.143. The summed E-state index contributed by atoms with van der Waals surface area (Å²) in [6.07, 6.45) is 0. The van der Waals surface area contributed by atoms with Crippen LogP contribution in [-0.4, -0.2) is 0 Å². The third-order valence-electron chi connectivity index (χ3n) is 1.27. The first-order valence-electron chi connectivity index (χ1n) is 2.85. The average Bonchev–Trinajstić information content (AvgIpc) is 1.99. The predicted molar refractivity (Wildman–Crippen MR) is 48.7 cm³/mol. The standard InChI is InChI=1S/C7H4BrCl2F/c8-7-4(3-9)5(10)1-2-6(7)11/h1-2H,3H2. The predicted octanol–water partition coefficient (Wildman–Crippen LogP) is 3.98. The van der Waals surface area contributed by atoms with Crippen LogP contribution in [0.15, 0.2) is 16.6 Å². The number of benzene rings is 1. The molecule has 0 aromatic heterocycles. The summed E-state index contributed by atoms with van der Waals surface area (Å²) in [6.45, 7) is 0. The Morgan fingerprint density at radius 1 is 1.45 bits per heavy atom. The van der Waals surface area contributed by atoms with Gasteiger partial charge in [-0.05, 0) is 28.1 Å². The van der Waals surface area contributed by atoms with Crippen LogP contribution in [0.1, 0.15) is 5.56 Å². The molecule has 0 N–H and O–H groups in total. The van der Waals surface area contributed by atoms with Gasteiger partial charge in [0.1, 0.15) is 5.82 Å². The van der Waals surface area contributed by atoms with Gasteiger partial charge in [-0.1, -0.05) is 11.6 Å². The molecule has 0 aliphatic carbocycles. The molecule has 0 saturated carbocycles. The van der Waals surface area contributed by atoms with Crippen molar-refractivity contribution in [1.82, 2.24) is 0 Å². The van der Waals surface area contributed by atoms with Gasteiger partial charge in [-0.15, -0.1) is 11.6 Å². The van der Waals surface area contributed by atoms with Crippen LogP contribution in [0.2, 0.25) is 5.02 Å². The summed E-state index contributed by atoms with van der Waals surface area (Å²) in [7, 11) is 0. The van der Waals surface area contributed by atoms with Crippen molar-refractivity contribution in [2.45, 2.75) is 5.88 Å². The second-order valence-electron chi connectivity index (χ2n) is 1.96. The van der Waals surface area contributed by atoms with Gasteiger partial charge < -0.3 is 0 Å². The highest BCUT2D eigenvalue weighted by molar-refractivity contribution is 9.10. The molecule has 0 radical (unpaired) electrons. The molecule has 0 heterocycles. The Hall–Kier alpha value is 0.210. The summed E-state index contributed by atoms with van der Waals surface area (Å²) in [4.78, 5) is 0. The first kappa shape index (κ1) is 9.30. The topological polar surface area (TPSA) is 0 Å². The highest BCUT2D eigenvalue weighted by atomic mass is 79.9. The van der Waals surface area contributed by atoms with E-state index in [4.69, 9.17) is 23.2 Å². The third kappa shape index (κ3) is 1.86. The Labute approximate surface area is 82.4 Å². The van der Waals surface area contributed by atoms with Crippen molar-refractivity contribution in [3.63, 3.8) is 0 Å². The molecule has 4 heteroatoms. The number of hydrogen-bond donors (Lipinski definition) is 0. The van der Waals surface area contributed by atoms with Crippen molar-refractivity contribution in [3.8, 4) is 0 Å². The summed E-state index contributed by atoms with van der Waals surface area (Å²) in [5.41, 5.74) is 0.591. The molecule has 0 spiro atoms. The van der Waals surface area contributed by atoms with E-state index in [9.17, 15) is 4.39 Å². The molecule has 0 saturated heterocycles. The molecule has 0 nitrogen and oxygen atoms in total. The largest absolute Gasteiger partial charge is 0.206 e. The zero-order chi connectivity index (χ0) is 8.43. The lowest BCUT2D eigenvalue weighted by molar-refractivity contribution is 0.619. The fourth-order valence-electron chi connectivity index (χ4n) is 0.692. The summed E-state index contributed by atoms with van der Waals surface area (Å²) in [5, 5.41) is 0.480. The zero-order valence-electron chi connectivity index (χ0n) is 5.37. The molecule has 60 valence electrons. The third-order valence-corrected chi connectivity index (χ3v) is 2.75. The first-order chi connectivity index (χ1) is 5.16. The van der Waals surface area contributed by atoms with Crippen LogP contribution in [0.3, 0.4) is 0 Å². The van der Waals surface area contributed by atoms with E-state index in [1.54, 1.807) is 0 Å². The molecule has 0 fully saturated rings. The summed E-state index contributed by atoms with van der Waals surface area (Å²) in [5.74, 6) is -0.137. The van der Waals surface area contributed by atoms with Crippen LogP contribution in [0.4, 0.5) is 4.39 Å². The van der Waals surface area contributed by atoms with E-state index in [-0.39, 0.29) is 11.7 Å². The van der Waals surface area contributed by atoms with Gasteiger partial charge in [0.15, 0.2) is 0 Å². The van der Waals surface area contributed by atoms with E-state index in [2.05, 4.69) is 15.9 Å². The molecule has 11 heavy (non-hydrogen) atoms. The minimum absolute atomic E-state index is 0.206. The molecule has 0 atom stereocenters. The molecule has 1 rings (SSSR count). The maximum Gasteiger partial charge on any atom is 0.137 e. The average molecular weight is 258 g/mol. The number of halogens is 4. The van der Waals surface area contributed by atoms with E-state index in [1.165, 1.54) is 12.1 Å². The number of alkyl halides is 1. The Morgan fingerprint density at radius 3 is 2.55 bits per heavy atom. The van der Waals surface area contributed by atoms with Gasteiger partial charge in [0.2, 0.25) is 0 Å². The van der Waals surface area contributed by atoms with Gasteiger partial charge in [0.25, 0.3) is 0 Å². The second-order valence-corrected chi connectivity index (χ2v) is 3.42. The summed E-state index contributed by atoms with van der Waals surface area (Å²) < 4.78 is 13.1. The molecule has 0 amide bonds. The van der Waals surface area contributed by atoms with Crippen LogP contribution in [0.5, 0.6) is 0 Å². The highest BCUT2D eigenvalue weighted by Gasteiger charge is 2.07. The van der Waals surface area contributed by atoms with Crippen LogP contribution in [-0.2, 0) is 5.88 Å². The zero-order valence-corrected chi connectivity index (χ0v) is 8.47. The van der Waals surface area contributed by atoms with Crippen molar-refractivity contribution in [2.24, 2.45) is 0 Å². The Balaban J connectivity index is 3.29. The van der Waals surface area contributed by atoms with Gasteiger partial charge in [-0.3, -0.25) is 0 Å². The van der Waals surface area contributed by atoms with Crippen LogP contribution in [0.25, 0.3) is 0 Å². The lowest BCUT2D eigenvalue weighted by Gasteiger charge is -2.02. The van der Waals surface area contributed by atoms with Crippen molar-refractivity contribution < 1.29 is 4.39 Å². The second kappa shape index (κ2) is 3.74. The van der Waals surface area contributed by atoms with Crippen LogP contribution in [0, 0.1) is 5.82 Å². The smallest absolute Gasteiger partial charge is 0.137 e. The quantitative estimate of drug-likeness (QED) is 0.527. The molecule has 0 unspecified atom stereocenters. The monoisotopic (exact) mass is 256 g/mol. The Kier molecular flexibility index (Phi) is 3.16. The van der Waals surface area contributed by atoms with E-state index in [0.29, 0.717) is 15.1 Å². The van der Waals surface area contributed by atoms with Gasteiger partial charge in [-0.2, -0.15) is 0 Å². The normalized spacial score (nSPS) is 10.2. The first-order valence-corrected chi connectivity index (χ1v) is 4.55. The van der Waals surface area contributed by atoms with Crippen molar-refractivity contribution in [2.75, 3.05) is 0 Å². The Morgan fingerprint density at radius 2 is 2.09 bits per heavy atom. The van der Waals surface area contributed by atoms with Crippen LogP contribution >= 0.6 is 39.1 Å². The van der Waals surface area contributed by atoms with E-state index in [0.717, 1.165) is 0 Å². The SMILES string of the molecule is Fc1ccc(Cl)c(CCl)c1Br. The molecular weight excluding hydrogens is 254 g/mol. The van der Waals surface area contributed by atoms with Crippen molar-refractivity contribution >= 4 is 39.1 Å². The summed E-state index contributed by atoms with van der Waals surface area (Å²) in [6, 6.07) is 2.78. The summed E-state index contributed by atoms with van der Waals surface area (Å²) >= 11 is 14.3. The minimum Gasteiger partial charge on any atom is -0.206 e. The van der Waals surface area contributed by atoms with E-state index >= 15 is 0 Å². The molecule has 0 bridgehead atoms. The van der Waals surface area contributed by atoms with Crippen molar-refractivity contribution in [3.05, 3.63) is 33.0 Å². The van der Waals surface area contributed by atoms with Gasteiger partial charge in [0, 0.05) is 10.6 Å². The fourth-order valence-corrected chi connectivity index (χ4v) is 2.02. The number of rotatable bonds is 1. The highest BCUT2D eigenvalue weighted by Crippen LogP contribution is 2.28. The lowest BCUT2D eigenvalue weighted by atomic mass is 10.2. The van der Waals surface area contributed by atoms with Gasteiger partial charge in [0.05, 0.1) is 10.4 Å². The Bertz CT molecular complexity index is 275. The molecular formula is C7H4BrCl2F. The van der Waals surface area contributed by atoms with E-state index in [1.807, 2.05) is 0 Å². The van der Waals surface area contributed by atoms with Gasteiger partial charge in [-0.25, -0.2) is 4.39 Å². The maximum atomic E-state index is 12.8. The van der Waals surface area contributed by atoms with Crippen molar-refractivity contribution in [1.29, 1.82) is 0 Å². The molecule has 1 aromatic carbocycles. The molecule has 1 aromatic rings. The van der Waals surface area contributed by atoms with Gasteiger partial charge >= 0.3 is 0 Å². The maximum absolute atomic E-state index is 12.8. The lowest BCUT2D eigenvalue weighted by Crippen LogP contribution is -1.86.